The first-order chi connectivity index (χ1) is 9.81. The fourth-order valence-corrected chi connectivity index (χ4v) is 4.79. The van der Waals surface area contributed by atoms with E-state index in [2.05, 4.69) is 10.0 Å². The molecule has 0 spiro atoms. The summed E-state index contributed by atoms with van der Waals surface area (Å²) < 4.78 is 41.2. The number of halogens is 2. The van der Waals surface area contributed by atoms with Crippen LogP contribution < -0.4 is 10.0 Å². The minimum Gasteiger partial charge on any atom is -0.316 e. The van der Waals surface area contributed by atoms with Crippen LogP contribution in [-0.2, 0) is 10.0 Å². The summed E-state index contributed by atoms with van der Waals surface area (Å²) in [7, 11) is -3.63. The van der Waals surface area contributed by atoms with Crippen molar-refractivity contribution >= 4 is 22.4 Å². The number of rotatable bonds is 4. The standard InChI is InChI=1S/C15H23FN2O2S.ClH/c1-10-7-14(16)8-11(2)15(10)21(19,20)18-12(3)13-5-4-6-17-9-13;/h7-8,12-13,17-18H,4-6,9H2,1-3H3;1H. The first kappa shape index (κ1) is 19.4. The van der Waals surface area contributed by atoms with E-state index in [9.17, 15) is 12.8 Å². The highest BCUT2D eigenvalue weighted by molar-refractivity contribution is 7.89. The molecule has 22 heavy (non-hydrogen) atoms. The number of piperidine rings is 1. The van der Waals surface area contributed by atoms with E-state index in [1.807, 2.05) is 6.92 Å². The SMILES string of the molecule is Cc1cc(F)cc(C)c1S(=O)(=O)NC(C)C1CCCNC1.Cl. The summed E-state index contributed by atoms with van der Waals surface area (Å²) in [5.41, 5.74) is 0.878. The lowest BCUT2D eigenvalue weighted by Gasteiger charge is -2.29. The van der Waals surface area contributed by atoms with Gasteiger partial charge in [-0.25, -0.2) is 17.5 Å². The number of hydrogen-bond acceptors (Lipinski definition) is 3. The molecule has 1 saturated heterocycles. The van der Waals surface area contributed by atoms with Gasteiger partial charge in [-0.15, -0.1) is 12.4 Å². The third-order valence-corrected chi connectivity index (χ3v) is 5.94. The molecule has 2 atom stereocenters. The zero-order valence-corrected chi connectivity index (χ0v) is 14.8. The van der Waals surface area contributed by atoms with Crippen molar-refractivity contribution in [3.05, 3.63) is 29.1 Å². The lowest BCUT2D eigenvalue weighted by atomic mass is 9.94. The lowest BCUT2D eigenvalue weighted by Crippen LogP contribution is -2.44. The molecule has 0 bridgehead atoms. The fraction of sp³-hybridized carbons (Fsp3) is 0.600. The van der Waals surface area contributed by atoms with Crippen molar-refractivity contribution in [3.63, 3.8) is 0 Å². The highest BCUT2D eigenvalue weighted by Crippen LogP contribution is 2.23. The van der Waals surface area contributed by atoms with Crippen LogP contribution >= 0.6 is 12.4 Å². The molecule has 1 aliphatic heterocycles. The minimum absolute atomic E-state index is 0. The maximum atomic E-state index is 13.3. The first-order valence-corrected chi connectivity index (χ1v) is 8.79. The van der Waals surface area contributed by atoms with Crippen molar-refractivity contribution in [1.29, 1.82) is 0 Å². The largest absolute Gasteiger partial charge is 0.316 e. The molecule has 1 heterocycles. The minimum atomic E-state index is -3.63. The molecular weight excluding hydrogens is 327 g/mol. The van der Waals surface area contributed by atoms with Crippen molar-refractivity contribution in [1.82, 2.24) is 10.0 Å². The Labute approximate surface area is 138 Å². The molecule has 2 unspecified atom stereocenters. The molecule has 0 saturated carbocycles. The normalized spacial score (nSPS) is 20.3. The summed E-state index contributed by atoms with van der Waals surface area (Å²) in [4.78, 5) is 0.194. The van der Waals surface area contributed by atoms with E-state index < -0.39 is 15.8 Å². The number of benzene rings is 1. The molecule has 0 aromatic heterocycles. The molecule has 0 aliphatic carbocycles. The van der Waals surface area contributed by atoms with Gasteiger partial charge in [-0.3, -0.25) is 0 Å². The van der Waals surface area contributed by atoms with Gasteiger partial charge < -0.3 is 5.32 Å². The van der Waals surface area contributed by atoms with Gasteiger partial charge in [0, 0.05) is 6.04 Å². The summed E-state index contributed by atoms with van der Waals surface area (Å²) >= 11 is 0. The van der Waals surface area contributed by atoms with Crippen molar-refractivity contribution < 1.29 is 12.8 Å². The van der Waals surface area contributed by atoms with Crippen LogP contribution in [0.4, 0.5) is 4.39 Å². The maximum Gasteiger partial charge on any atom is 0.241 e. The molecule has 0 amide bonds. The Morgan fingerprint density at radius 3 is 2.41 bits per heavy atom. The van der Waals surface area contributed by atoms with E-state index in [0.29, 0.717) is 11.1 Å². The monoisotopic (exact) mass is 350 g/mol. The van der Waals surface area contributed by atoms with E-state index in [0.717, 1.165) is 25.9 Å². The van der Waals surface area contributed by atoms with Crippen molar-refractivity contribution in [2.75, 3.05) is 13.1 Å². The average molecular weight is 351 g/mol. The van der Waals surface area contributed by atoms with Crippen molar-refractivity contribution in [3.8, 4) is 0 Å². The smallest absolute Gasteiger partial charge is 0.241 e. The molecule has 2 N–H and O–H groups in total. The number of hydrogen-bond donors (Lipinski definition) is 2. The number of aryl methyl sites for hydroxylation is 2. The van der Waals surface area contributed by atoms with E-state index in [1.165, 1.54) is 12.1 Å². The third-order valence-electron chi connectivity index (χ3n) is 4.08. The van der Waals surface area contributed by atoms with Crippen LogP contribution in [0, 0.1) is 25.6 Å². The molecule has 1 fully saturated rings. The van der Waals surface area contributed by atoms with E-state index >= 15 is 0 Å². The average Bonchev–Trinajstić information content (AvgIpc) is 2.37. The predicted molar refractivity (Wildman–Crippen MR) is 88.5 cm³/mol. The summed E-state index contributed by atoms with van der Waals surface area (Å²) in [5, 5.41) is 3.29. The molecule has 0 radical (unpaired) electrons. The first-order valence-electron chi connectivity index (χ1n) is 7.31. The molecule has 2 rings (SSSR count). The lowest BCUT2D eigenvalue weighted by molar-refractivity contribution is 0.320. The quantitative estimate of drug-likeness (QED) is 0.877. The summed E-state index contributed by atoms with van der Waals surface area (Å²) in [6.45, 7) is 6.95. The maximum absolute atomic E-state index is 13.3. The Kier molecular flexibility index (Phi) is 6.80. The van der Waals surface area contributed by atoms with Gasteiger partial charge in [0.05, 0.1) is 4.90 Å². The van der Waals surface area contributed by atoms with Crippen LogP contribution in [0.5, 0.6) is 0 Å². The zero-order valence-electron chi connectivity index (χ0n) is 13.1. The number of nitrogens with one attached hydrogen (secondary N) is 2. The van der Waals surface area contributed by atoms with Crippen LogP contribution in [-0.4, -0.2) is 27.5 Å². The second-order valence-corrected chi connectivity index (χ2v) is 7.54. The molecule has 1 aromatic rings. The van der Waals surface area contributed by atoms with Gasteiger partial charge in [0.25, 0.3) is 0 Å². The highest BCUT2D eigenvalue weighted by atomic mass is 35.5. The topological polar surface area (TPSA) is 58.2 Å². The molecule has 4 nitrogen and oxygen atoms in total. The summed E-state index contributed by atoms with van der Waals surface area (Å²) in [6, 6.07) is 2.37. The van der Waals surface area contributed by atoms with Gasteiger partial charge in [0.1, 0.15) is 5.82 Å². The summed E-state index contributed by atoms with van der Waals surface area (Å²) in [6.07, 6.45) is 2.07. The van der Waals surface area contributed by atoms with Gasteiger partial charge in [0.15, 0.2) is 0 Å². The second kappa shape index (κ2) is 7.73. The van der Waals surface area contributed by atoms with E-state index in [4.69, 9.17) is 0 Å². The van der Waals surface area contributed by atoms with Crippen LogP contribution in [0.15, 0.2) is 17.0 Å². The molecule has 126 valence electrons. The van der Waals surface area contributed by atoms with E-state index in [-0.39, 0.29) is 29.3 Å². The Balaban J connectivity index is 0.00000242. The predicted octanol–water partition coefficient (Wildman–Crippen LogP) is 2.53. The second-order valence-electron chi connectivity index (χ2n) is 5.89. The van der Waals surface area contributed by atoms with Crippen molar-refractivity contribution in [2.45, 2.75) is 44.6 Å². The number of sulfonamides is 1. The van der Waals surface area contributed by atoms with Crippen LogP contribution in [0.3, 0.4) is 0 Å². The molecule has 7 heteroatoms. The van der Waals surface area contributed by atoms with Gasteiger partial charge in [0.2, 0.25) is 10.0 Å². The Bertz CT molecular complexity index is 593. The van der Waals surface area contributed by atoms with Crippen LogP contribution in [0.1, 0.15) is 30.9 Å². The molecular formula is C15H24ClFN2O2S. The molecule has 1 aliphatic rings. The zero-order chi connectivity index (χ0) is 15.6. The highest BCUT2D eigenvalue weighted by Gasteiger charge is 2.27. The van der Waals surface area contributed by atoms with Crippen LogP contribution in [0.2, 0.25) is 0 Å². The van der Waals surface area contributed by atoms with Crippen molar-refractivity contribution in [2.24, 2.45) is 5.92 Å². The van der Waals surface area contributed by atoms with E-state index in [1.54, 1.807) is 13.8 Å². The Morgan fingerprint density at radius 2 is 1.91 bits per heavy atom. The summed E-state index contributed by atoms with van der Waals surface area (Å²) in [5.74, 6) is -0.122. The third kappa shape index (κ3) is 4.41. The fourth-order valence-electron chi connectivity index (χ4n) is 3.03. The van der Waals surface area contributed by atoms with Gasteiger partial charge in [-0.2, -0.15) is 0 Å². The molecule has 1 aromatic carbocycles. The Morgan fingerprint density at radius 1 is 1.32 bits per heavy atom. The van der Waals surface area contributed by atoms with Gasteiger partial charge >= 0.3 is 0 Å². The Hall–Kier alpha value is -0.690. The van der Waals surface area contributed by atoms with Gasteiger partial charge in [-0.1, -0.05) is 0 Å². The van der Waals surface area contributed by atoms with Gasteiger partial charge in [-0.05, 0) is 75.9 Å². The van der Waals surface area contributed by atoms with Crippen LogP contribution in [0.25, 0.3) is 0 Å².